The molecule has 5 nitrogen and oxygen atoms in total. The van der Waals surface area contributed by atoms with Gasteiger partial charge in [0.1, 0.15) is 5.41 Å². The topological polar surface area (TPSA) is 57.7 Å². The molecule has 0 spiro atoms. The Hall–Kier alpha value is -2.17. The largest absolute Gasteiger partial charge is 0.333 e. The zero-order valence-corrected chi connectivity index (χ0v) is 13.3. The Balaban J connectivity index is 2.41. The van der Waals surface area contributed by atoms with E-state index < -0.39 is 11.4 Å². The summed E-state index contributed by atoms with van der Waals surface area (Å²) in [6.45, 7) is 5.87. The Labute approximate surface area is 130 Å². The lowest BCUT2D eigenvalue weighted by molar-refractivity contribution is -0.159. The molecular formula is C17H22N2O3. The molecule has 2 rings (SSSR count). The summed E-state index contributed by atoms with van der Waals surface area (Å²) in [5.74, 6) is -0.736. The number of hydrogen-bond acceptors (Lipinski definition) is 3. The number of urea groups is 1. The van der Waals surface area contributed by atoms with Crippen LogP contribution in [0.5, 0.6) is 0 Å². The molecule has 1 aliphatic rings. The van der Waals surface area contributed by atoms with Crippen LogP contribution in [0.15, 0.2) is 30.3 Å². The third-order valence-electron chi connectivity index (χ3n) is 4.48. The van der Waals surface area contributed by atoms with Crippen LogP contribution in [0.25, 0.3) is 0 Å². The van der Waals surface area contributed by atoms with Gasteiger partial charge in [-0.1, -0.05) is 44.2 Å². The van der Waals surface area contributed by atoms with Gasteiger partial charge in [-0.25, -0.2) is 4.79 Å². The highest BCUT2D eigenvalue weighted by Crippen LogP contribution is 2.36. The van der Waals surface area contributed by atoms with E-state index in [1.807, 2.05) is 44.2 Å². The van der Waals surface area contributed by atoms with Crippen LogP contribution in [0.4, 0.5) is 4.79 Å². The van der Waals surface area contributed by atoms with Crippen molar-refractivity contribution in [2.75, 3.05) is 6.54 Å². The van der Waals surface area contributed by atoms with E-state index in [1.165, 1.54) is 9.80 Å². The van der Waals surface area contributed by atoms with Crippen LogP contribution in [0.2, 0.25) is 0 Å². The molecule has 0 radical (unpaired) electrons. The Morgan fingerprint density at radius 1 is 0.864 bits per heavy atom. The van der Waals surface area contributed by atoms with Crippen LogP contribution in [-0.2, 0) is 16.1 Å². The second-order valence-electron chi connectivity index (χ2n) is 5.50. The molecule has 0 N–H and O–H groups in total. The number of carbonyl (C=O) groups excluding carboxylic acids is 3. The van der Waals surface area contributed by atoms with Crippen molar-refractivity contribution < 1.29 is 14.4 Å². The van der Waals surface area contributed by atoms with Crippen molar-refractivity contribution >= 4 is 17.8 Å². The van der Waals surface area contributed by atoms with Crippen LogP contribution < -0.4 is 0 Å². The fourth-order valence-corrected chi connectivity index (χ4v) is 2.97. The molecule has 5 heteroatoms. The number of imide groups is 2. The summed E-state index contributed by atoms with van der Waals surface area (Å²) < 4.78 is 0. The highest BCUT2D eigenvalue weighted by molar-refractivity contribution is 6.18. The number of carbonyl (C=O) groups is 3. The molecule has 1 aliphatic heterocycles. The second kappa shape index (κ2) is 6.30. The van der Waals surface area contributed by atoms with Crippen molar-refractivity contribution in [3.05, 3.63) is 35.9 Å². The van der Waals surface area contributed by atoms with E-state index in [0.29, 0.717) is 12.8 Å². The van der Waals surface area contributed by atoms with Crippen molar-refractivity contribution in [1.82, 2.24) is 9.80 Å². The van der Waals surface area contributed by atoms with Crippen LogP contribution in [0, 0.1) is 5.41 Å². The lowest BCUT2D eigenvalue weighted by Crippen LogP contribution is -2.64. The third kappa shape index (κ3) is 2.40. The molecular weight excluding hydrogens is 280 g/mol. The van der Waals surface area contributed by atoms with Gasteiger partial charge in [0.25, 0.3) is 0 Å². The molecule has 118 valence electrons. The predicted molar refractivity (Wildman–Crippen MR) is 82.8 cm³/mol. The van der Waals surface area contributed by atoms with Crippen LogP contribution >= 0.6 is 0 Å². The highest BCUT2D eigenvalue weighted by atomic mass is 16.2. The molecule has 0 aromatic heterocycles. The first kappa shape index (κ1) is 16.2. The van der Waals surface area contributed by atoms with Crippen molar-refractivity contribution in [3.8, 4) is 0 Å². The first-order chi connectivity index (χ1) is 10.5. The van der Waals surface area contributed by atoms with Crippen molar-refractivity contribution in [2.24, 2.45) is 5.41 Å². The molecule has 0 aliphatic carbocycles. The molecule has 22 heavy (non-hydrogen) atoms. The molecule has 1 aromatic carbocycles. The van der Waals surface area contributed by atoms with E-state index in [9.17, 15) is 14.4 Å². The summed E-state index contributed by atoms with van der Waals surface area (Å²) in [5.41, 5.74) is -0.241. The van der Waals surface area contributed by atoms with E-state index in [-0.39, 0.29) is 24.9 Å². The first-order valence-corrected chi connectivity index (χ1v) is 7.73. The Morgan fingerprint density at radius 3 is 1.91 bits per heavy atom. The minimum Gasteiger partial charge on any atom is -0.273 e. The number of amides is 4. The second-order valence-corrected chi connectivity index (χ2v) is 5.50. The number of hydrogen-bond donors (Lipinski definition) is 0. The highest BCUT2D eigenvalue weighted by Gasteiger charge is 2.54. The molecule has 1 heterocycles. The Morgan fingerprint density at radius 2 is 1.41 bits per heavy atom. The molecule has 0 unspecified atom stereocenters. The summed E-state index contributed by atoms with van der Waals surface area (Å²) in [6, 6.07) is 8.83. The molecule has 0 saturated carbocycles. The van der Waals surface area contributed by atoms with Gasteiger partial charge in [0.05, 0.1) is 6.54 Å². The van der Waals surface area contributed by atoms with Gasteiger partial charge in [-0.2, -0.15) is 0 Å². The Kier molecular flexibility index (Phi) is 4.64. The fourth-order valence-electron chi connectivity index (χ4n) is 2.97. The molecule has 1 fully saturated rings. The normalized spacial score (nSPS) is 18.0. The van der Waals surface area contributed by atoms with E-state index in [2.05, 4.69) is 0 Å². The molecule has 0 atom stereocenters. The zero-order valence-electron chi connectivity index (χ0n) is 13.3. The molecule has 1 aromatic rings. The first-order valence-electron chi connectivity index (χ1n) is 7.73. The summed E-state index contributed by atoms with van der Waals surface area (Å²) >= 11 is 0. The summed E-state index contributed by atoms with van der Waals surface area (Å²) in [5, 5.41) is 0. The van der Waals surface area contributed by atoms with Crippen molar-refractivity contribution in [2.45, 2.75) is 40.2 Å². The van der Waals surface area contributed by atoms with E-state index in [0.717, 1.165) is 5.56 Å². The number of barbiturate groups is 1. The minimum atomic E-state index is -1.11. The smallest absolute Gasteiger partial charge is 0.273 e. The number of nitrogens with zero attached hydrogens (tertiary/aromatic N) is 2. The zero-order chi connectivity index (χ0) is 16.3. The van der Waals surface area contributed by atoms with Gasteiger partial charge in [0, 0.05) is 6.54 Å². The van der Waals surface area contributed by atoms with E-state index in [1.54, 1.807) is 6.92 Å². The average molecular weight is 302 g/mol. The van der Waals surface area contributed by atoms with Crippen LogP contribution in [0.3, 0.4) is 0 Å². The minimum absolute atomic E-state index is 0.198. The summed E-state index contributed by atoms with van der Waals surface area (Å²) in [6.07, 6.45) is 0.798. The maximum absolute atomic E-state index is 12.9. The third-order valence-corrected chi connectivity index (χ3v) is 4.48. The van der Waals surface area contributed by atoms with Gasteiger partial charge in [-0.15, -0.1) is 0 Å². The van der Waals surface area contributed by atoms with Crippen molar-refractivity contribution in [1.29, 1.82) is 0 Å². The predicted octanol–water partition coefficient (Wildman–Crippen LogP) is 2.80. The van der Waals surface area contributed by atoms with Crippen LogP contribution in [0.1, 0.15) is 39.2 Å². The molecule has 0 bridgehead atoms. The van der Waals surface area contributed by atoms with Gasteiger partial charge < -0.3 is 0 Å². The average Bonchev–Trinajstić information content (AvgIpc) is 2.54. The van der Waals surface area contributed by atoms with Gasteiger partial charge in [-0.3, -0.25) is 19.4 Å². The standard InChI is InChI=1S/C17H22N2O3/c1-4-17(5-2)14(20)18(6-3)16(22)19(15(17)21)12-13-10-8-7-9-11-13/h7-11H,4-6,12H2,1-3H3. The lowest BCUT2D eigenvalue weighted by Gasteiger charge is -2.43. The maximum Gasteiger partial charge on any atom is 0.333 e. The lowest BCUT2D eigenvalue weighted by atomic mass is 9.78. The Bertz CT molecular complexity index is 579. The molecule has 4 amide bonds. The van der Waals surface area contributed by atoms with E-state index >= 15 is 0 Å². The van der Waals surface area contributed by atoms with Gasteiger partial charge in [-0.05, 0) is 25.3 Å². The van der Waals surface area contributed by atoms with Crippen molar-refractivity contribution in [3.63, 3.8) is 0 Å². The SMILES string of the molecule is CCN1C(=O)N(Cc2ccccc2)C(=O)C(CC)(CC)C1=O. The summed E-state index contributed by atoms with van der Waals surface area (Å²) in [4.78, 5) is 40.4. The number of rotatable bonds is 5. The molecule has 1 saturated heterocycles. The quantitative estimate of drug-likeness (QED) is 0.786. The van der Waals surface area contributed by atoms with Gasteiger partial charge in [0.2, 0.25) is 11.8 Å². The van der Waals surface area contributed by atoms with Crippen LogP contribution in [-0.4, -0.2) is 34.2 Å². The van der Waals surface area contributed by atoms with E-state index in [4.69, 9.17) is 0 Å². The maximum atomic E-state index is 12.9. The number of benzene rings is 1. The van der Waals surface area contributed by atoms with Gasteiger partial charge >= 0.3 is 6.03 Å². The van der Waals surface area contributed by atoms with Gasteiger partial charge in [0.15, 0.2) is 0 Å². The summed E-state index contributed by atoms with van der Waals surface area (Å²) in [7, 11) is 0. The monoisotopic (exact) mass is 302 g/mol. The fraction of sp³-hybridized carbons (Fsp3) is 0.471.